The summed E-state index contributed by atoms with van der Waals surface area (Å²) in [6, 6.07) is 6.21. The lowest BCUT2D eigenvalue weighted by Crippen LogP contribution is -2.40. The summed E-state index contributed by atoms with van der Waals surface area (Å²) in [5.74, 6) is -0.488. The van der Waals surface area contributed by atoms with Crippen molar-refractivity contribution in [3.8, 4) is 0 Å². The number of fused-ring (bicyclic) bond motifs is 1. The molecule has 1 aliphatic rings. The number of primary amides is 1. The fraction of sp³-hybridized carbons (Fsp3) is 0.333. The van der Waals surface area contributed by atoms with Gasteiger partial charge in [-0.3, -0.25) is 4.79 Å². The van der Waals surface area contributed by atoms with Crippen molar-refractivity contribution in [3.05, 3.63) is 23.8 Å². The molecule has 1 aromatic heterocycles. The predicted molar refractivity (Wildman–Crippen MR) is 72.2 cm³/mol. The highest BCUT2D eigenvalue weighted by molar-refractivity contribution is 7.91. The average Bonchev–Trinajstić information content (AvgIpc) is 2.81. The molecule has 0 saturated carbocycles. The van der Waals surface area contributed by atoms with Crippen LogP contribution in [0.15, 0.2) is 16.5 Å². The molecule has 1 radical (unpaired) electrons. The number of anilines is 1. The van der Waals surface area contributed by atoms with Crippen LogP contribution in [0.4, 0.5) is 6.01 Å². The summed E-state index contributed by atoms with van der Waals surface area (Å²) < 4.78 is 28.4. The molecule has 1 amide bonds. The molecule has 0 aliphatic carbocycles. The van der Waals surface area contributed by atoms with E-state index in [4.69, 9.17) is 10.2 Å². The summed E-state index contributed by atoms with van der Waals surface area (Å²) >= 11 is 0. The molecule has 0 bridgehead atoms. The van der Waals surface area contributed by atoms with Crippen LogP contribution in [0.5, 0.6) is 0 Å². The highest BCUT2D eigenvalue weighted by atomic mass is 32.2. The van der Waals surface area contributed by atoms with Crippen molar-refractivity contribution in [3.63, 3.8) is 0 Å². The second-order valence-electron chi connectivity index (χ2n) is 4.57. The van der Waals surface area contributed by atoms with Gasteiger partial charge in [0.1, 0.15) is 5.52 Å². The van der Waals surface area contributed by atoms with Gasteiger partial charge in [0.25, 0.3) is 11.9 Å². The number of nitrogens with two attached hydrogens (primary N) is 1. The average molecular weight is 294 g/mol. The van der Waals surface area contributed by atoms with Gasteiger partial charge in [0.15, 0.2) is 15.4 Å². The minimum absolute atomic E-state index is 0.0700. The molecule has 2 N–H and O–H groups in total. The Morgan fingerprint density at radius 3 is 2.75 bits per heavy atom. The van der Waals surface area contributed by atoms with Crippen molar-refractivity contribution >= 4 is 32.9 Å². The van der Waals surface area contributed by atoms with Gasteiger partial charge in [0.2, 0.25) is 0 Å². The van der Waals surface area contributed by atoms with Gasteiger partial charge in [0.05, 0.1) is 17.1 Å². The van der Waals surface area contributed by atoms with Crippen molar-refractivity contribution in [2.45, 2.75) is 0 Å². The number of amides is 1. The fourth-order valence-corrected chi connectivity index (χ4v) is 3.31. The van der Waals surface area contributed by atoms with E-state index in [1.54, 1.807) is 11.0 Å². The molecule has 2 heterocycles. The number of hydrogen-bond donors (Lipinski definition) is 1. The maximum absolute atomic E-state index is 11.4. The largest absolute Gasteiger partial charge is 0.423 e. The molecule has 0 atom stereocenters. The zero-order valence-electron chi connectivity index (χ0n) is 10.5. The van der Waals surface area contributed by atoms with E-state index in [1.807, 2.05) is 0 Å². The summed E-state index contributed by atoms with van der Waals surface area (Å²) in [4.78, 5) is 17.3. The molecule has 3 rings (SSSR count). The van der Waals surface area contributed by atoms with Crippen LogP contribution in [-0.4, -0.2) is 43.9 Å². The Labute approximate surface area is 115 Å². The summed E-state index contributed by atoms with van der Waals surface area (Å²) in [6.07, 6.45) is 0. The minimum Gasteiger partial charge on any atom is -0.423 e. The van der Waals surface area contributed by atoms with Gasteiger partial charge in [-0.05, 0) is 18.2 Å². The number of benzene rings is 1. The molecule has 105 valence electrons. The van der Waals surface area contributed by atoms with E-state index in [9.17, 15) is 13.2 Å². The van der Waals surface area contributed by atoms with Crippen LogP contribution in [0.25, 0.3) is 11.1 Å². The molecule has 8 heteroatoms. The first-order valence-corrected chi connectivity index (χ1v) is 7.85. The van der Waals surface area contributed by atoms with E-state index in [0.29, 0.717) is 30.2 Å². The number of nitrogens with zero attached hydrogens (tertiary/aromatic N) is 2. The number of aromatic nitrogens is 1. The monoisotopic (exact) mass is 294 g/mol. The molecule has 0 unspecified atom stereocenters. The predicted octanol–water partition coefficient (Wildman–Crippen LogP) is -0.0383. The van der Waals surface area contributed by atoms with E-state index in [-0.39, 0.29) is 17.1 Å². The Morgan fingerprint density at radius 1 is 1.40 bits per heavy atom. The molecule has 1 aliphatic heterocycles. The maximum atomic E-state index is 11.4. The Bertz CT molecular complexity index is 767. The van der Waals surface area contributed by atoms with Crippen LogP contribution in [0.3, 0.4) is 0 Å². The Balaban J connectivity index is 1.98. The van der Waals surface area contributed by atoms with E-state index < -0.39 is 15.7 Å². The normalized spacial score (nSPS) is 18.3. The number of carbonyl (C=O) groups excluding carboxylic acids is 1. The third kappa shape index (κ3) is 2.22. The van der Waals surface area contributed by atoms with Gasteiger partial charge in [-0.1, -0.05) is 0 Å². The molecular formula is C12H12N3O4S. The van der Waals surface area contributed by atoms with E-state index in [0.717, 1.165) is 0 Å². The third-order valence-corrected chi connectivity index (χ3v) is 4.81. The smallest absolute Gasteiger partial charge is 0.298 e. The van der Waals surface area contributed by atoms with Crippen molar-refractivity contribution in [2.75, 3.05) is 29.5 Å². The number of rotatable bonds is 2. The first kappa shape index (κ1) is 12.9. The summed E-state index contributed by atoms with van der Waals surface area (Å²) in [6.45, 7) is 0.648. The van der Waals surface area contributed by atoms with Crippen LogP contribution >= 0.6 is 0 Å². The highest BCUT2D eigenvalue weighted by Gasteiger charge is 2.25. The Hall–Kier alpha value is -2.09. The zero-order chi connectivity index (χ0) is 14.3. The van der Waals surface area contributed by atoms with Crippen LogP contribution in [0, 0.1) is 6.07 Å². The molecule has 20 heavy (non-hydrogen) atoms. The number of hydrogen-bond acceptors (Lipinski definition) is 6. The van der Waals surface area contributed by atoms with Crippen LogP contribution in [0.2, 0.25) is 0 Å². The fourth-order valence-electron chi connectivity index (χ4n) is 2.11. The number of sulfone groups is 1. The number of carbonyl (C=O) groups is 1. The lowest BCUT2D eigenvalue weighted by molar-refractivity contribution is 0.100. The van der Waals surface area contributed by atoms with E-state index in [2.05, 4.69) is 11.1 Å². The SMILES string of the molecule is NC(=O)c1[c]ccc2oc(N3CCS(=O)(=O)CC3)nc12. The van der Waals surface area contributed by atoms with Crippen LogP contribution in [-0.2, 0) is 9.84 Å². The van der Waals surface area contributed by atoms with Crippen molar-refractivity contribution in [1.82, 2.24) is 4.98 Å². The van der Waals surface area contributed by atoms with Gasteiger partial charge < -0.3 is 15.1 Å². The molecule has 2 aromatic rings. The van der Waals surface area contributed by atoms with Gasteiger partial charge >= 0.3 is 0 Å². The third-order valence-electron chi connectivity index (χ3n) is 3.20. The summed E-state index contributed by atoms with van der Waals surface area (Å²) in [5.41, 5.74) is 6.21. The lowest BCUT2D eigenvalue weighted by atomic mass is 10.2. The van der Waals surface area contributed by atoms with Gasteiger partial charge in [-0.25, -0.2) is 8.42 Å². The van der Waals surface area contributed by atoms with Gasteiger partial charge in [-0.2, -0.15) is 4.98 Å². The highest BCUT2D eigenvalue weighted by Crippen LogP contribution is 2.25. The quantitative estimate of drug-likeness (QED) is 0.833. The maximum Gasteiger partial charge on any atom is 0.298 e. The van der Waals surface area contributed by atoms with Gasteiger partial charge in [0, 0.05) is 13.1 Å². The van der Waals surface area contributed by atoms with Crippen LogP contribution in [0.1, 0.15) is 10.4 Å². The molecule has 0 spiro atoms. The van der Waals surface area contributed by atoms with Crippen molar-refractivity contribution < 1.29 is 17.6 Å². The second kappa shape index (κ2) is 4.48. The Kier molecular flexibility index (Phi) is 2.89. The number of oxazole rings is 1. The summed E-state index contributed by atoms with van der Waals surface area (Å²) in [7, 11) is -2.97. The van der Waals surface area contributed by atoms with Crippen molar-refractivity contribution in [1.29, 1.82) is 0 Å². The first-order chi connectivity index (χ1) is 9.46. The summed E-state index contributed by atoms with van der Waals surface area (Å²) in [5, 5.41) is 0. The first-order valence-electron chi connectivity index (χ1n) is 6.03. The molecule has 7 nitrogen and oxygen atoms in total. The molecule has 1 fully saturated rings. The van der Waals surface area contributed by atoms with Crippen molar-refractivity contribution in [2.24, 2.45) is 5.73 Å². The Morgan fingerprint density at radius 2 is 2.10 bits per heavy atom. The minimum atomic E-state index is -2.97. The molecule has 1 saturated heterocycles. The second-order valence-corrected chi connectivity index (χ2v) is 6.87. The molecule has 1 aromatic carbocycles. The van der Waals surface area contributed by atoms with Crippen LogP contribution < -0.4 is 10.6 Å². The topological polar surface area (TPSA) is 107 Å². The lowest BCUT2D eigenvalue weighted by Gasteiger charge is -2.24. The molecular weight excluding hydrogens is 282 g/mol. The standard InChI is InChI=1S/C12H12N3O4S/c13-11(16)8-2-1-3-9-10(8)14-12(19-9)15-4-6-20(17,18)7-5-15/h1,3H,4-7H2,(H2,13,16). The van der Waals surface area contributed by atoms with Gasteiger partial charge in [-0.15, -0.1) is 0 Å². The zero-order valence-corrected chi connectivity index (χ0v) is 11.3. The van der Waals surface area contributed by atoms with E-state index in [1.165, 1.54) is 6.07 Å². The van der Waals surface area contributed by atoms with E-state index >= 15 is 0 Å².